The van der Waals surface area contributed by atoms with Crippen molar-refractivity contribution in [3.05, 3.63) is 85.7 Å². The van der Waals surface area contributed by atoms with Gasteiger partial charge < -0.3 is 18.9 Å². The molecule has 2 aliphatic heterocycles. The molecule has 1 saturated heterocycles. The van der Waals surface area contributed by atoms with Gasteiger partial charge >= 0.3 is 0 Å². The summed E-state index contributed by atoms with van der Waals surface area (Å²) in [6.45, 7) is 2.82. The quantitative estimate of drug-likeness (QED) is 0.256. The van der Waals surface area contributed by atoms with Crippen LogP contribution in [0.2, 0.25) is 5.02 Å². The van der Waals surface area contributed by atoms with Crippen molar-refractivity contribution in [2.75, 3.05) is 13.4 Å². The summed E-state index contributed by atoms with van der Waals surface area (Å²) in [4.78, 5) is 27.3. The van der Waals surface area contributed by atoms with Crippen LogP contribution in [-0.2, 0) is 17.9 Å². The molecule has 7 nitrogen and oxygen atoms in total. The van der Waals surface area contributed by atoms with Crippen molar-refractivity contribution in [3.63, 3.8) is 0 Å². The number of hydrogen-bond acceptors (Lipinski definition) is 7. The number of thioether (sulfide) groups is 1. The first-order valence-electron chi connectivity index (χ1n) is 11.4. The fraction of sp³-hybridized carbons (Fsp3) is 0.185. The van der Waals surface area contributed by atoms with Crippen LogP contribution in [0.15, 0.2) is 64.0 Å². The van der Waals surface area contributed by atoms with Crippen molar-refractivity contribution >= 4 is 56.5 Å². The van der Waals surface area contributed by atoms with Crippen molar-refractivity contribution in [1.82, 2.24) is 4.90 Å². The predicted molar refractivity (Wildman–Crippen MR) is 145 cm³/mol. The fourth-order valence-corrected chi connectivity index (χ4v) is 5.47. The van der Waals surface area contributed by atoms with Gasteiger partial charge in [0.15, 0.2) is 23.0 Å². The molecular formula is C27H21BrClNO6S. The van der Waals surface area contributed by atoms with E-state index < -0.39 is 5.91 Å². The molecule has 37 heavy (non-hydrogen) atoms. The molecule has 190 valence electrons. The number of rotatable bonds is 8. The van der Waals surface area contributed by atoms with E-state index in [1.165, 1.54) is 0 Å². The molecule has 0 atom stereocenters. The molecule has 0 spiro atoms. The minimum absolute atomic E-state index is 0.0254. The first-order chi connectivity index (χ1) is 17.9. The number of amides is 2. The van der Waals surface area contributed by atoms with Gasteiger partial charge in [0.25, 0.3) is 11.1 Å². The van der Waals surface area contributed by atoms with Gasteiger partial charge in [-0.1, -0.05) is 41.9 Å². The predicted octanol–water partition coefficient (Wildman–Crippen LogP) is 7.05. The molecule has 0 N–H and O–H groups in total. The Morgan fingerprint density at radius 1 is 1.08 bits per heavy atom. The lowest BCUT2D eigenvalue weighted by Crippen LogP contribution is -2.27. The molecular weight excluding hydrogens is 582 g/mol. The van der Waals surface area contributed by atoms with Crippen molar-refractivity contribution in [2.24, 2.45) is 0 Å². The lowest BCUT2D eigenvalue weighted by molar-refractivity contribution is -0.123. The molecule has 0 bridgehead atoms. The molecule has 0 radical (unpaired) electrons. The van der Waals surface area contributed by atoms with Crippen LogP contribution in [0.25, 0.3) is 6.08 Å². The molecule has 1 fully saturated rings. The average Bonchev–Trinajstić information content (AvgIpc) is 3.43. The minimum Gasteiger partial charge on any atom is -0.490 e. The molecule has 2 heterocycles. The summed E-state index contributed by atoms with van der Waals surface area (Å²) in [6.07, 6.45) is 1.67. The summed E-state index contributed by atoms with van der Waals surface area (Å²) in [6, 6.07) is 16.8. The summed E-state index contributed by atoms with van der Waals surface area (Å²) < 4.78 is 23.2. The highest BCUT2D eigenvalue weighted by atomic mass is 79.9. The van der Waals surface area contributed by atoms with E-state index in [0.29, 0.717) is 61.7 Å². The molecule has 0 saturated carbocycles. The third kappa shape index (κ3) is 5.58. The van der Waals surface area contributed by atoms with E-state index in [9.17, 15) is 9.59 Å². The van der Waals surface area contributed by atoms with Crippen LogP contribution in [0.3, 0.4) is 0 Å². The summed E-state index contributed by atoms with van der Waals surface area (Å²) >= 11 is 10.8. The van der Waals surface area contributed by atoms with Gasteiger partial charge in [0, 0.05) is 11.1 Å². The maximum absolute atomic E-state index is 13.1. The van der Waals surface area contributed by atoms with Gasteiger partial charge in [-0.15, -0.1) is 0 Å². The van der Waals surface area contributed by atoms with Crippen LogP contribution in [0.1, 0.15) is 23.6 Å². The molecule has 2 aliphatic rings. The molecule has 3 aromatic carbocycles. The number of halogens is 2. The Labute approximate surface area is 231 Å². The van der Waals surface area contributed by atoms with E-state index in [-0.39, 0.29) is 18.6 Å². The Hall–Kier alpha value is -3.14. The maximum Gasteiger partial charge on any atom is 0.293 e. The summed E-state index contributed by atoms with van der Waals surface area (Å²) in [5.74, 6) is 1.76. The van der Waals surface area contributed by atoms with E-state index in [4.69, 9.17) is 30.5 Å². The van der Waals surface area contributed by atoms with Crippen molar-refractivity contribution in [3.8, 4) is 23.0 Å². The lowest BCUT2D eigenvalue weighted by atomic mass is 10.1. The van der Waals surface area contributed by atoms with Gasteiger partial charge in [0.1, 0.15) is 6.61 Å². The molecule has 3 aromatic rings. The first kappa shape index (κ1) is 25.5. The number of hydrogen-bond donors (Lipinski definition) is 0. The third-order valence-electron chi connectivity index (χ3n) is 5.60. The third-order valence-corrected chi connectivity index (χ3v) is 7.45. The Morgan fingerprint density at radius 3 is 2.59 bits per heavy atom. The van der Waals surface area contributed by atoms with Gasteiger partial charge in [-0.05, 0) is 75.6 Å². The van der Waals surface area contributed by atoms with E-state index >= 15 is 0 Å². The molecule has 10 heteroatoms. The maximum atomic E-state index is 13.1. The highest BCUT2D eigenvalue weighted by Crippen LogP contribution is 2.41. The van der Waals surface area contributed by atoms with Crippen molar-refractivity contribution in [1.29, 1.82) is 0 Å². The van der Waals surface area contributed by atoms with Crippen LogP contribution in [-0.4, -0.2) is 29.4 Å². The van der Waals surface area contributed by atoms with Crippen LogP contribution in [0, 0.1) is 0 Å². The number of ether oxygens (including phenoxy) is 4. The Bertz CT molecular complexity index is 1400. The molecule has 0 unspecified atom stereocenters. The minimum atomic E-state index is -0.401. The van der Waals surface area contributed by atoms with Gasteiger partial charge in [0.2, 0.25) is 6.79 Å². The topological polar surface area (TPSA) is 74.3 Å². The van der Waals surface area contributed by atoms with Crippen LogP contribution < -0.4 is 18.9 Å². The van der Waals surface area contributed by atoms with Gasteiger partial charge in [-0.25, -0.2) is 0 Å². The second kappa shape index (κ2) is 11.1. The zero-order chi connectivity index (χ0) is 25.9. The largest absolute Gasteiger partial charge is 0.490 e. The number of nitrogens with zero attached hydrogens (tertiary/aromatic N) is 1. The van der Waals surface area contributed by atoms with Crippen LogP contribution in [0.5, 0.6) is 23.0 Å². The van der Waals surface area contributed by atoms with Crippen LogP contribution >= 0.6 is 39.3 Å². The van der Waals surface area contributed by atoms with E-state index in [1.807, 2.05) is 43.3 Å². The van der Waals surface area contributed by atoms with Crippen molar-refractivity contribution < 1.29 is 28.5 Å². The standard InChI is InChI=1S/C27H21BrClNO6S/c1-2-33-23-9-17(8-19(28)25(23)34-14-16-6-4-3-5-7-16)10-24-26(31)30(27(32)37-24)13-18-11-21-22(12-20(18)29)36-15-35-21/h3-12H,2,13-15H2,1H3. The monoisotopic (exact) mass is 601 g/mol. The lowest BCUT2D eigenvalue weighted by Gasteiger charge is -2.15. The van der Waals surface area contributed by atoms with Gasteiger partial charge in [-0.2, -0.15) is 0 Å². The number of benzene rings is 3. The fourth-order valence-electron chi connectivity index (χ4n) is 3.84. The normalized spacial score (nSPS) is 15.5. The summed E-state index contributed by atoms with van der Waals surface area (Å²) in [5.41, 5.74) is 2.31. The number of carbonyl (C=O) groups is 2. The van der Waals surface area contributed by atoms with Crippen LogP contribution in [0.4, 0.5) is 4.79 Å². The molecule has 0 aliphatic carbocycles. The summed E-state index contributed by atoms with van der Waals surface area (Å²) in [5, 5.41) is 0.0144. The van der Waals surface area contributed by atoms with Gasteiger partial charge in [-0.3, -0.25) is 14.5 Å². The van der Waals surface area contributed by atoms with E-state index in [2.05, 4.69) is 15.9 Å². The summed E-state index contributed by atoms with van der Waals surface area (Å²) in [7, 11) is 0. The Balaban J connectivity index is 1.36. The smallest absolute Gasteiger partial charge is 0.293 e. The van der Waals surface area contributed by atoms with E-state index in [1.54, 1.807) is 24.3 Å². The molecule has 0 aromatic heterocycles. The zero-order valence-corrected chi connectivity index (χ0v) is 22.8. The SMILES string of the molecule is CCOc1cc(C=C2SC(=O)N(Cc3cc4c(cc3Cl)OCO4)C2=O)cc(Br)c1OCc1ccccc1. The number of imide groups is 1. The molecule has 2 amide bonds. The second-order valence-corrected chi connectivity index (χ2v) is 10.4. The van der Waals surface area contributed by atoms with Crippen molar-refractivity contribution in [2.45, 2.75) is 20.1 Å². The number of carbonyl (C=O) groups excluding carboxylic acids is 2. The first-order valence-corrected chi connectivity index (χ1v) is 13.4. The zero-order valence-electron chi connectivity index (χ0n) is 19.7. The number of fused-ring (bicyclic) bond motifs is 1. The molecule has 5 rings (SSSR count). The van der Waals surface area contributed by atoms with E-state index in [0.717, 1.165) is 22.2 Å². The highest BCUT2D eigenvalue weighted by molar-refractivity contribution is 9.10. The Morgan fingerprint density at radius 2 is 1.84 bits per heavy atom. The Kier molecular flexibility index (Phi) is 7.64. The second-order valence-electron chi connectivity index (χ2n) is 8.10. The average molecular weight is 603 g/mol. The van der Waals surface area contributed by atoms with Gasteiger partial charge in [0.05, 0.1) is 22.5 Å². The highest BCUT2D eigenvalue weighted by Gasteiger charge is 2.36.